The SMILES string of the molecule is C1=C/C(=C\c2ccc(Cc3ccc(/C=C4\C=CC=N4)[nH]3)[nH]2)N=C1. The van der Waals surface area contributed by atoms with Crippen LogP contribution >= 0.6 is 0 Å². The van der Waals surface area contributed by atoms with E-state index in [0.29, 0.717) is 0 Å². The number of nitrogens with one attached hydrogen (secondary N) is 2. The van der Waals surface area contributed by atoms with E-state index in [-0.39, 0.29) is 0 Å². The van der Waals surface area contributed by atoms with Crippen LogP contribution in [-0.2, 0) is 6.42 Å². The molecule has 4 rings (SSSR count). The Labute approximate surface area is 134 Å². The van der Waals surface area contributed by atoms with Crippen LogP contribution in [0.4, 0.5) is 0 Å². The summed E-state index contributed by atoms with van der Waals surface area (Å²) < 4.78 is 0. The standard InChI is InChI=1S/C19H16N4/c1-3-14(20-9-1)11-16-5-7-18(22-16)13-19-8-6-17(23-19)12-15-4-2-10-21-15/h1-12,22-23H,13H2/b14-11+,15-12+. The second-order valence-electron chi connectivity index (χ2n) is 5.47. The van der Waals surface area contributed by atoms with E-state index in [0.717, 1.165) is 29.2 Å². The highest BCUT2D eigenvalue weighted by Gasteiger charge is 2.03. The summed E-state index contributed by atoms with van der Waals surface area (Å²) in [5.74, 6) is 0. The average Bonchev–Trinajstić information content (AvgIpc) is 3.31. The number of H-pyrrole nitrogens is 2. The molecule has 2 aliphatic heterocycles. The molecule has 2 aromatic rings. The molecule has 4 nitrogen and oxygen atoms in total. The van der Waals surface area contributed by atoms with Crippen molar-refractivity contribution in [3.05, 3.63) is 82.7 Å². The molecule has 0 radical (unpaired) electrons. The minimum Gasteiger partial charge on any atom is -0.359 e. The van der Waals surface area contributed by atoms with Crippen molar-refractivity contribution >= 4 is 24.6 Å². The summed E-state index contributed by atoms with van der Waals surface area (Å²) in [4.78, 5) is 15.3. The van der Waals surface area contributed by atoms with Crippen LogP contribution < -0.4 is 0 Å². The van der Waals surface area contributed by atoms with Gasteiger partial charge < -0.3 is 9.97 Å². The van der Waals surface area contributed by atoms with Crippen molar-refractivity contribution in [2.45, 2.75) is 6.42 Å². The fraction of sp³-hybridized carbons (Fsp3) is 0.0526. The summed E-state index contributed by atoms with van der Waals surface area (Å²) in [6, 6.07) is 8.37. The third-order valence-electron chi connectivity index (χ3n) is 3.68. The number of hydrogen-bond donors (Lipinski definition) is 2. The van der Waals surface area contributed by atoms with E-state index in [9.17, 15) is 0 Å². The molecule has 0 bridgehead atoms. The molecule has 0 saturated heterocycles. The van der Waals surface area contributed by atoms with E-state index in [1.165, 1.54) is 11.4 Å². The zero-order valence-electron chi connectivity index (χ0n) is 12.5. The van der Waals surface area contributed by atoms with Crippen LogP contribution in [0.5, 0.6) is 0 Å². The second kappa shape index (κ2) is 5.93. The largest absolute Gasteiger partial charge is 0.359 e. The molecule has 2 aliphatic rings. The molecule has 0 unspecified atom stereocenters. The molecule has 4 heterocycles. The lowest BCUT2D eigenvalue weighted by molar-refractivity contribution is 1.05. The molecule has 0 atom stereocenters. The van der Waals surface area contributed by atoms with Crippen molar-refractivity contribution in [1.29, 1.82) is 0 Å². The topological polar surface area (TPSA) is 56.3 Å². The van der Waals surface area contributed by atoms with Gasteiger partial charge in [0.25, 0.3) is 0 Å². The smallest absolute Gasteiger partial charge is 0.0650 e. The van der Waals surface area contributed by atoms with Gasteiger partial charge in [0.2, 0.25) is 0 Å². The molecular weight excluding hydrogens is 284 g/mol. The van der Waals surface area contributed by atoms with Crippen molar-refractivity contribution in [1.82, 2.24) is 9.97 Å². The van der Waals surface area contributed by atoms with Crippen molar-refractivity contribution < 1.29 is 0 Å². The number of hydrogen-bond acceptors (Lipinski definition) is 2. The van der Waals surface area contributed by atoms with E-state index in [4.69, 9.17) is 0 Å². The molecule has 0 aliphatic carbocycles. The molecule has 2 N–H and O–H groups in total. The Hall–Kier alpha value is -3.14. The molecule has 0 amide bonds. The maximum Gasteiger partial charge on any atom is 0.0650 e. The number of aromatic amines is 2. The Morgan fingerprint density at radius 3 is 1.70 bits per heavy atom. The molecule has 23 heavy (non-hydrogen) atoms. The average molecular weight is 300 g/mol. The van der Waals surface area contributed by atoms with Crippen LogP contribution in [0.1, 0.15) is 22.8 Å². The van der Waals surface area contributed by atoms with Crippen LogP contribution in [0.3, 0.4) is 0 Å². The monoisotopic (exact) mass is 300 g/mol. The zero-order chi connectivity index (χ0) is 15.5. The van der Waals surface area contributed by atoms with Crippen molar-refractivity contribution in [3.63, 3.8) is 0 Å². The van der Waals surface area contributed by atoms with Crippen LogP contribution in [0.2, 0.25) is 0 Å². The Morgan fingerprint density at radius 1 is 0.739 bits per heavy atom. The second-order valence-corrected chi connectivity index (χ2v) is 5.47. The Bertz CT molecular complexity index is 795. The highest BCUT2D eigenvalue weighted by atomic mass is 14.8. The molecular formula is C19H16N4. The van der Waals surface area contributed by atoms with Gasteiger partial charge in [-0.25, -0.2) is 0 Å². The van der Waals surface area contributed by atoms with Gasteiger partial charge in [0.05, 0.1) is 11.4 Å². The zero-order valence-corrected chi connectivity index (χ0v) is 12.5. The van der Waals surface area contributed by atoms with Crippen LogP contribution in [0, 0.1) is 0 Å². The van der Waals surface area contributed by atoms with Crippen molar-refractivity contribution in [2.75, 3.05) is 0 Å². The van der Waals surface area contributed by atoms with Crippen LogP contribution in [-0.4, -0.2) is 22.4 Å². The lowest BCUT2D eigenvalue weighted by Gasteiger charge is -1.96. The Balaban J connectivity index is 1.46. The van der Waals surface area contributed by atoms with Gasteiger partial charge in [0.15, 0.2) is 0 Å². The molecule has 0 fully saturated rings. The van der Waals surface area contributed by atoms with Crippen molar-refractivity contribution in [3.8, 4) is 0 Å². The van der Waals surface area contributed by atoms with E-state index < -0.39 is 0 Å². The lowest BCUT2D eigenvalue weighted by Crippen LogP contribution is -1.89. The number of rotatable bonds is 4. The third-order valence-corrected chi connectivity index (χ3v) is 3.68. The Morgan fingerprint density at radius 2 is 1.26 bits per heavy atom. The lowest BCUT2D eigenvalue weighted by atomic mass is 10.2. The summed E-state index contributed by atoms with van der Waals surface area (Å²) in [5.41, 5.74) is 6.41. The number of aliphatic imine (C=N–C) groups is 2. The molecule has 0 spiro atoms. The first kappa shape index (κ1) is 13.5. The van der Waals surface area contributed by atoms with Gasteiger partial charge >= 0.3 is 0 Å². The van der Waals surface area contributed by atoms with E-state index in [1.54, 1.807) is 12.4 Å². The first-order valence-corrected chi connectivity index (χ1v) is 7.56. The van der Waals surface area contributed by atoms with Gasteiger partial charge in [-0.3, -0.25) is 9.98 Å². The van der Waals surface area contributed by atoms with Gasteiger partial charge in [-0.05, 0) is 60.7 Å². The maximum atomic E-state index is 4.25. The molecule has 0 aromatic carbocycles. The first-order valence-electron chi connectivity index (χ1n) is 7.56. The summed E-state index contributed by atoms with van der Waals surface area (Å²) >= 11 is 0. The molecule has 2 aromatic heterocycles. The third kappa shape index (κ3) is 3.21. The number of allylic oxidation sites excluding steroid dienone is 4. The maximum absolute atomic E-state index is 4.25. The van der Waals surface area contributed by atoms with Crippen molar-refractivity contribution in [2.24, 2.45) is 9.98 Å². The minimum absolute atomic E-state index is 0.838. The molecule has 0 saturated carbocycles. The number of nitrogens with zero attached hydrogens (tertiary/aromatic N) is 2. The number of aromatic nitrogens is 2. The van der Waals surface area contributed by atoms with Crippen LogP contribution in [0.15, 0.2) is 69.9 Å². The predicted octanol–water partition coefficient (Wildman–Crippen LogP) is 3.90. The summed E-state index contributed by atoms with van der Waals surface area (Å²) in [6.45, 7) is 0. The van der Waals surface area contributed by atoms with Crippen LogP contribution in [0.25, 0.3) is 12.2 Å². The highest BCUT2D eigenvalue weighted by Crippen LogP contribution is 2.16. The molecule has 112 valence electrons. The summed E-state index contributed by atoms with van der Waals surface area (Å²) in [6.07, 6.45) is 16.4. The first-order chi connectivity index (χ1) is 11.3. The van der Waals surface area contributed by atoms with Gasteiger partial charge in [-0.1, -0.05) is 0 Å². The Kier molecular flexibility index (Phi) is 3.48. The van der Waals surface area contributed by atoms with Gasteiger partial charge in [-0.2, -0.15) is 0 Å². The quantitative estimate of drug-likeness (QED) is 0.860. The highest BCUT2D eigenvalue weighted by molar-refractivity contribution is 5.79. The van der Waals surface area contributed by atoms with Gasteiger partial charge in [-0.15, -0.1) is 0 Å². The summed E-state index contributed by atoms with van der Waals surface area (Å²) in [5, 5.41) is 0. The minimum atomic E-state index is 0.838. The normalized spacial score (nSPS) is 19.0. The van der Waals surface area contributed by atoms with Gasteiger partial charge in [0.1, 0.15) is 0 Å². The fourth-order valence-corrected chi connectivity index (χ4v) is 2.61. The van der Waals surface area contributed by atoms with E-state index in [2.05, 4.69) is 44.2 Å². The molecule has 4 heteroatoms. The van der Waals surface area contributed by atoms with E-state index in [1.807, 2.05) is 36.5 Å². The van der Waals surface area contributed by atoms with E-state index >= 15 is 0 Å². The predicted molar refractivity (Wildman–Crippen MR) is 95.6 cm³/mol. The summed E-state index contributed by atoms with van der Waals surface area (Å²) in [7, 11) is 0. The van der Waals surface area contributed by atoms with Gasteiger partial charge in [0, 0.05) is 41.6 Å². The fourth-order valence-electron chi connectivity index (χ4n) is 2.61.